The van der Waals surface area contributed by atoms with E-state index in [2.05, 4.69) is 39.2 Å². The smallest absolute Gasteiger partial charge is 0.232 e. The van der Waals surface area contributed by atoms with Gasteiger partial charge in [0.25, 0.3) is 0 Å². The van der Waals surface area contributed by atoms with Gasteiger partial charge in [0.05, 0.1) is 23.3 Å². The number of anilines is 3. The van der Waals surface area contributed by atoms with Crippen LogP contribution in [0.15, 0.2) is 36.5 Å². The Kier molecular flexibility index (Phi) is 4.65. The molecule has 0 saturated carbocycles. The highest BCUT2D eigenvalue weighted by Crippen LogP contribution is 2.22. The molecule has 130 valence electrons. The fourth-order valence-corrected chi connectivity index (χ4v) is 2.38. The molecule has 0 aliphatic rings. The lowest BCUT2D eigenvalue weighted by molar-refractivity contribution is 0.757. The van der Waals surface area contributed by atoms with E-state index in [-0.39, 0.29) is 5.92 Å². The first-order chi connectivity index (χ1) is 12.0. The molecule has 25 heavy (non-hydrogen) atoms. The highest BCUT2D eigenvalue weighted by Gasteiger charge is 2.14. The minimum atomic E-state index is 0.218. The lowest BCUT2D eigenvalue weighted by Crippen LogP contribution is -2.16. The van der Waals surface area contributed by atoms with Gasteiger partial charge < -0.3 is 10.2 Å². The zero-order valence-corrected chi connectivity index (χ0v) is 15.2. The summed E-state index contributed by atoms with van der Waals surface area (Å²) in [6.45, 7) is 6.15. The summed E-state index contributed by atoms with van der Waals surface area (Å²) in [5.74, 6) is 2.14. The zero-order valence-electron chi connectivity index (χ0n) is 15.2. The second-order valence-corrected chi connectivity index (χ2v) is 6.38. The molecule has 7 heteroatoms. The average molecular weight is 337 g/mol. The van der Waals surface area contributed by atoms with Gasteiger partial charge in [-0.1, -0.05) is 32.0 Å². The van der Waals surface area contributed by atoms with Crippen LogP contribution >= 0.6 is 0 Å². The lowest BCUT2D eigenvalue weighted by Gasteiger charge is -2.14. The summed E-state index contributed by atoms with van der Waals surface area (Å²) >= 11 is 0. The van der Waals surface area contributed by atoms with E-state index < -0.39 is 0 Å². The van der Waals surface area contributed by atoms with Crippen molar-refractivity contribution in [2.24, 2.45) is 0 Å². The largest absolute Gasteiger partial charge is 0.347 e. The minimum Gasteiger partial charge on any atom is -0.347 e. The minimum absolute atomic E-state index is 0.218. The zero-order chi connectivity index (χ0) is 18.0. The van der Waals surface area contributed by atoms with E-state index in [0.29, 0.717) is 11.9 Å². The van der Waals surface area contributed by atoms with Gasteiger partial charge >= 0.3 is 0 Å². The van der Waals surface area contributed by atoms with Gasteiger partial charge in [0.15, 0.2) is 0 Å². The number of hydrogen-bond acceptors (Lipinski definition) is 6. The van der Waals surface area contributed by atoms with E-state index in [4.69, 9.17) is 0 Å². The second kappa shape index (κ2) is 6.88. The third kappa shape index (κ3) is 3.60. The first-order valence-electron chi connectivity index (χ1n) is 8.26. The summed E-state index contributed by atoms with van der Waals surface area (Å²) in [6.07, 6.45) is 1.79. The Morgan fingerprint density at radius 1 is 1.04 bits per heavy atom. The molecule has 0 aliphatic carbocycles. The van der Waals surface area contributed by atoms with Crippen molar-refractivity contribution in [1.82, 2.24) is 24.7 Å². The van der Waals surface area contributed by atoms with Crippen molar-refractivity contribution in [1.29, 1.82) is 0 Å². The molecule has 1 N–H and O–H groups in total. The summed E-state index contributed by atoms with van der Waals surface area (Å²) in [4.78, 5) is 15.4. The Labute approximate surface area is 147 Å². The molecule has 2 heterocycles. The van der Waals surface area contributed by atoms with Crippen molar-refractivity contribution in [3.63, 3.8) is 0 Å². The van der Waals surface area contributed by atoms with E-state index >= 15 is 0 Å². The highest BCUT2D eigenvalue weighted by atomic mass is 15.3. The van der Waals surface area contributed by atoms with Crippen LogP contribution in [0, 0.1) is 6.92 Å². The quantitative estimate of drug-likeness (QED) is 0.770. The molecular formula is C18H23N7. The van der Waals surface area contributed by atoms with Gasteiger partial charge in [0.2, 0.25) is 11.9 Å². The molecule has 0 saturated heterocycles. The monoisotopic (exact) mass is 337 g/mol. The summed E-state index contributed by atoms with van der Waals surface area (Å²) < 4.78 is 1.89. The first-order valence-corrected chi connectivity index (χ1v) is 8.26. The van der Waals surface area contributed by atoms with Crippen LogP contribution < -0.4 is 10.2 Å². The molecule has 0 atom stereocenters. The summed E-state index contributed by atoms with van der Waals surface area (Å²) in [5, 5.41) is 7.75. The molecule has 0 bridgehead atoms. The van der Waals surface area contributed by atoms with Crippen molar-refractivity contribution >= 4 is 17.6 Å². The van der Waals surface area contributed by atoms with Crippen LogP contribution in [0.25, 0.3) is 5.69 Å². The van der Waals surface area contributed by atoms with Gasteiger partial charge in [-0.15, -0.1) is 0 Å². The van der Waals surface area contributed by atoms with E-state index in [1.54, 1.807) is 6.20 Å². The van der Waals surface area contributed by atoms with E-state index in [1.807, 2.05) is 60.9 Å². The Balaban J connectivity index is 1.94. The predicted octanol–water partition coefficient (Wildman–Crippen LogP) is 3.30. The van der Waals surface area contributed by atoms with Crippen LogP contribution in [0.1, 0.15) is 31.3 Å². The standard InChI is InChI=1S/C18H23N7/c1-12(2)16-21-17(23-18(22-16)24(4)5)20-15-11-19-25(13(15)3)14-9-7-6-8-10-14/h6-12H,1-5H3,(H,20,21,22,23). The summed E-state index contributed by atoms with van der Waals surface area (Å²) in [7, 11) is 3.84. The van der Waals surface area contributed by atoms with Crippen LogP contribution in [0.3, 0.4) is 0 Å². The maximum absolute atomic E-state index is 4.54. The van der Waals surface area contributed by atoms with Crippen LogP contribution in [0.5, 0.6) is 0 Å². The number of aromatic nitrogens is 5. The predicted molar refractivity (Wildman–Crippen MR) is 99.8 cm³/mol. The van der Waals surface area contributed by atoms with Gasteiger partial charge in [0, 0.05) is 20.0 Å². The maximum Gasteiger partial charge on any atom is 0.232 e. The van der Waals surface area contributed by atoms with Crippen molar-refractivity contribution in [3.8, 4) is 5.69 Å². The molecule has 3 aromatic rings. The van der Waals surface area contributed by atoms with Crippen molar-refractivity contribution in [3.05, 3.63) is 48.0 Å². The summed E-state index contributed by atoms with van der Waals surface area (Å²) in [5.41, 5.74) is 2.87. The lowest BCUT2D eigenvalue weighted by atomic mass is 10.2. The van der Waals surface area contributed by atoms with Gasteiger partial charge in [-0.2, -0.15) is 20.1 Å². The molecule has 2 aromatic heterocycles. The number of rotatable bonds is 5. The van der Waals surface area contributed by atoms with Gasteiger partial charge in [-0.25, -0.2) is 4.68 Å². The Hall–Kier alpha value is -2.96. The molecule has 1 aromatic carbocycles. The van der Waals surface area contributed by atoms with Crippen molar-refractivity contribution < 1.29 is 0 Å². The molecule has 0 fully saturated rings. The number of hydrogen-bond donors (Lipinski definition) is 1. The topological polar surface area (TPSA) is 71.8 Å². The number of benzene rings is 1. The van der Waals surface area contributed by atoms with Crippen LogP contribution in [-0.4, -0.2) is 38.8 Å². The van der Waals surface area contributed by atoms with E-state index in [0.717, 1.165) is 22.9 Å². The fourth-order valence-electron chi connectivity index (χ4n) is 2.38. The van der Waals surface area contributed by atoms with E-state index in [9.17, 15) is 0 Å². The molecule has 0 amide bonds. The normalized spacial score (nSPS) is 11.0. The van der Waals surface area contributed by atoms with Crippen molar-refractivity contribution in [2.75, 3.05) is 24.3 Å². The molecular weight excluding hydrogens is 314 g/mol. The fraction of sp³-hybridized carbons (Fsp3) is 0.333. The Morgan fingerprint density at radius 3 is 2.40 bits per heavy atom. The van der Waals surface area contributed by atoms with Gasteiger partial charge in [-0.05, 0) is 19.1 Å². The highest BCUT2D eigenvalue weighted by molar-refractivity contribution is 5.57. The van der Waals surface area contributed by atoms with Crippen LogP contribution in [0.4, 0.5) is 17.6 Å². The first kappa shape index (κ1) is 16.9. The Bertz CT molecular complexity index is 827. The number of nitrogens with zero attached hydrogens (tertiary/aromatic N) is 6. The molecule has 0 spiro atoms. The maximum atomic E-state index is 4.54. The van der Waals surface area contributed by atoms with Gasteiger partial charge in [-0.3, -0.25) is 0 Å². The van der Waals surface area contributed by atoms with Crippen LogP contribution in [0.2, 0.25) is 0 Å². The summed E-state index contributed by atoms with van der Waals surface area (Å²) in [6, 6.07) is 10.0. The van der Waals surface area contributed by atoms with Gasteiger partial charge in [0.1, 0.15) is 5.82 Å². The second-order valence-electron chi connectivity index (χ2n) is 6.38. The molecule has 0 unspecified atom stereocenters. The van der Waals surface area contributed by atoms with Crippen LogP contribution in [-0.2, 0) is 0 Å². The molecule has 0 aliphatic heterocycles. The number of nitrogens with one attached hydrogen (secondary N) is 1. The third-order valence-electron chi connectivity index (χ3n) is 3.81. The van der Waals surface area contributed by atoms with E-state index in [1.165, 1.54) is 0 Å². The SMILES string of the molecule is Cc1c(Nc2nc(C(C)C)nc(N(C)C)n2)cnn1-c1ccccc1. The molecule has 3 rings (SSSR count). The number of para-hydroxylation sites is 1. The Morgan fingerprint density at radius 2 is 1.76 bits per heavy atom. The third-order valence-corrected chi connectivity index (χ3v) is 3.81. The molecule has 7 nitrogen and oxygen atoms in total. The average Bonchev–Trinajstić information content (AvgIpc) is 2.96. The van der Waals surface area contributed by atoms with Crippen molar-refractivity contribution in [2.45, 2.75) is 26.7 Å². The molecule has 0 radical (unpaired) electrons.